The van der Waals surface area contributed by atoms with Gasteiger partial charge in [-0.1, -0.05) is 30.3 Å². The van der Waals surface area contributed by atoms with Crippen molar-refractivity contribution in [3.63, 3.8) is 0 Å². The van der Waals surface area contributed by atoms with Gasteiger partial charge < -0.3 is 9.73 Å². The first kappa shape index (κ1) is 17.4. The number of pyridine rings is 1. The fraction of sp³-hybridized carbons (Fsp3) is 0.0476. The van der Waals surface area contributed by atoms with Crippen LogP contribution >= 0.6 is 0 Å². The fourth-order valence-corrected chi connectivity index (χ4v) is 2.58. The van der Waals surface area contributed by atoms with E-state index < -0.39 is 0 Å². The van der Waals surface area contributed by atoms with Gasteiger partial charge in [0.15, 0.2) is 5.82 Å². The fourth-order valence-electron chi connectivity index (χ4n) is 2.58. The van der Waals surface area contributed by atoms with Crippen molar-refractivity contribution in [1.29, 1.82) is 0 Å². The first-order valence-electron chi connectivity index (χ1n) is 8.71. The predicted octanol–water partition coefficient (Wildman–Crippen LogP) is 3.90. The van der Waals surface area contributed by atoms with E-state index in [-0.39, 0.29) is 5.91 Å². The molecular weight excluding hydrogens is 354 g/mol. The molecule has 0 radical (unpaired) electrons. The number of rotatable bonds is 6. The van der Waals surface area contributed by atoms with E-state index in [1.54, 1.807) is 36.9 Å². The second-order valence-corrected chi connectivity index (χ2v) is 5.93. The van der Waals surface area contributed by atoms with Crippen molar-refractivity contribution in [2.24, 2.45) is 0 Å². The predicted molar refractivity (Wildman–Crippen MR) is 105 cm³/mol. The Labute approximate surface area is 161 Å². The normalized spacial score (nSPS) is 11.0. The average molecular weight is 371 g/mol. The van der Waals surface area contributed by atoms with Crippen LogP contribution in [0.25, 0.3) is 17.5 Å². The van der Waals surface area contributed by atoms with Crippen LogP contribution in [0.1, 0.15) is 16.1 Å². The number of hydrogen-bond acceptors (Lipinski definition) is 6. The van der Waals surface area contributed by atoms with E-state index in [1.807, 2.05) is 42.5 Å². The Bertz CT molecular complexity index is 1070. The summed E-state index contributed by atoms with van der Waals surface area (Å²) in [5, 5.41) is 7.47. The van der Waals surface area contributed by atoms with Crippen molar-refractivity contribution in [3.8, 4) is 11.4 Å². The molecule has 0 unspecified atom stereocenters. The lowest BCUT2D eigenvalue weighted by molar-refractivity contribution is 0.0957. The Kier molecular flexibility index (Phi) is 5.06. The summed E-state index contributed by atoms with van der Waals surface area (Å²) in [7, 11) is 0. The van der Waals surface area contributed by atoms with Crippen LogP contribution in [0.15, 0.2) is 83.7 Å². The number of nitrogens with zero attached hydrogens (tertiary/aromatic N) is 4. The Morgan fingerprint density at radius 1 is 1.11 bits per heavy atom. The molecule has 0 saturated carbocycles. The molecule has 0 spiro atoms. The van der Waals surface area contributed by atoms with Crippen molar-refractivity contribution in [3.05, 3.63) is 90.7 Å². The number of aromatic nitrogens is 4. The van der Waals surface area contributed by atoms with Crippen molar-refractivity contribution < 1.29 is 9.21 Å². The van der Waals surface area contributed by atoms with E-state index in [2.05, 4.69) is 20.4 Å². The minimum absolute atomic E-state index is 0.312. The second kappa shape index (κ2) is 8.13. The lowest BCUT2D eigenvalue weighted by atomic mass is 10.2. The van der Waals surface area contributed by atoms with Crippen molar-refractivity contribution in [2.75, 3.05) is 5.32 Å². The summed E-state index contributed by atoms with van der Waals surface area (Å²) in [5.41, 5.74) is 1.65. The van der Waals surface area contributed by atoms with Crippen molar-refractivity contribution in [2.45, 2.75) is 6.54 Å². The molecular formula is C21H17N5O2. The summed E-state index contributed by atoms with van der Waals surface area (Å²) in [6.07, 6.45) is 8.13. The zero-order valence-electron chi connectivity index (χ0n) is 14.9. The molecule has 0 aliphatic heterocycles. The molecule has 7 heteroatoms. The van der Waals surface area contributed by atoms with Gasteiger partial charge in [-0.3, -0.25) is 9.78 Å². The summed E-state index contributed by atoms with van der Waals surface area (Å²) in [6, 6.07) is 16.9. The highest BCUT2D eigenvalue weighted by molar-refractivity contribution is 5.94. The maximum atomic E-state index is 12.7. The molecule has 0 aliphatic rings. The zero-order valence-corrected chi connectivity index (χ0v) is 14.9. The molecule has 3 aromatic heterocycles. The SMILES string of the molecule is O=C(C=Cc1ccccc1)n1nc(-c2cccnc2)nc1NCc1ccco1. The van der Waals surface area contributed by atoms with E-state index in [9.17, 15) is 4.79 Å². The van der Waals surface area contributed by atoms with Gasteiger partial charge >= 0.3 is 0 Å². The van der Waals surface area contributed by atoms with Crippen LogP contribution in [0.4, 0.5) is 5.95 Å². The highest BCUT2D eigenvalue weighted by Crippen LogP contribution is 2.18. The van der Waals surface area contributed by atoms with Crippen LogP contribution < -0.4 is 5.32 Å². The third-order valence-electron chi connectivity index (χ3n) is 3.95. The molecule has 0 fully saturated rings. The molecule has 3 heterocycles. The van der Waals surface area contributed by atoms with Crippen LogP contribution in [-0.4, -0.2) is 25.7 Å². The topological polar surface area (TPSA) is 85.8 Å². The molecule has 1 N–H and O–H groups in total. The molecule has 138 valence electrons. The Morgan fingerprint density at radius 2 is 2.00 bits per heavy atom. The summed E-state index contributed by atoms with van der Waals surface area (Å²) in [6.45, 7) is 0.383. The van der Waals surface area contributed by atoms with Crippen LogP contribution in [-0.2, 0) is 6.54 Å². The number of benzene rings is 1. The summed E-state index contributed by atoms with van der Waals surface area (Å²) in [5.74, 6) is 1.16. The molecule has 0 amide bonds. The standard InChI is InChI=1S/C21H17N5O2/c27-19(11-10-16-6-2-1-3-7-16)26-21(23-15-18-9-5-13-28-18)24-20(25-26)17-8-4-12-22-14-17/h1-14H,15H2,(H,23,24,25). The van der Waals surface area contributed by atoms with Gasteiger partial charge in [0, 0.05) is 24.0 Å². The Hall–Kier alpha value is -4.00. The number of carbonyl (C=O) groups excluding carboxylic acids is 1. The molecule has 0 saturated heterocycles. The first-order chi connectivity index (χ1) is 13.8. The van der Waals surface area contributed by atoms with Gasteiger partial charge in [-0.15, -0.1) is 5.10 Å². The molecule has 4 rings (SSSR count). The summed E-state index contributed by atoms with van der Waals surface area (Å²) < 4.78 is 6.56. The van der Waals surface area contributed by atoms with E-state index in [4.69, 9.17) is 4.42 Å². The third kappa shape index (κ3) is 4.04. The third-order valence-corrected chi connectivity index (χ3v) is 3.95. The van der Waals surface area contributed by atoms with E-state index in [1.165, 1.54) is 10.8 Å². The summed E-state index contributed by atoms with van der Waals surface area (Å²) in [4.78, 5) is 21.3. The zero-order chi connectivity index (χ0) is 19.2. The van der Waals surface area contributed by atoms with E-state index >= 15 is 0 Å². The number of allylic oxidation sites excluding steroid dienone is 1. The molecule has 0 bridgehead atoms. The molecule has 0 atom stereocenters. The van der Waals surface area contributed by atoms with Gasteiger partial charge in [0.05, 0.1) is 12.8 Å². The Morgan fingerprint density at radius 3 is 2.75 bits per heavy atom. The van der Waals surface area contributed by atoms with E-state index in [0.717, 1.165) is 16.9 Å². The molecule has 0 aliphatic carbocycles. The van der Waals surface area contributed by atoms with Gasteiger partial charge in [0.1, 0.15) is 5.76 Å². The minimum Gasteiger partial charge on any atom is -0.467 e. The molecule has 4 aromatic rings. The van der Waals surface area contributed by atoms with Crippen LogP contribution in [0.2, 0.25) is 0 Å². The minimum atomic E-state index is -0.312. The lowest BCUT2D eigenvalue weighted by Gasteiger charge is -2.03. The monoisotopic (exact) mass is 371 g/mol. The maximum Gasteiger partial charge on any atom is 0.274 e. The van der Waals surface area contributed by atoms with Crippen molar-refractivity contribution in [1.82, 2.24) is 19.7 Å². The lowest BCUT2D eigenvalue weighted by Crippen LogP contribution is -2.14. The van der Waals surface area contributed by atoms with Gasteiger partial charge in [0.2, 0.25) is 5.95 Å². The van der Waals surface area contributed by atoms with Crippen molar-refractivity contribution >= 4 is 17.9 Å². The maximum absolute atomic E-state index is 12.7. The van der Waals surface area contributed by atoms with Crippen LogP contribution in [0.5, 0.6) is 0 Å². The molecule has 28 heavy (non-hydrogen) atoms. The molecule has 7 nitrogen and oxygen atoms in total. The highest BCUT2D eigenvalue weighted by Gasteiger charge is 2.16. The van der Waals surface area contributed by atoms with Crippen LogP contribution in [0, 0.1) is 0 Å². The molecule has 1 aromatic carbocycles. The Balaban J connectivity index is 1.62. The smallest absolute Gasteiger partial charge is 0.274 e. The average Bonchev–Trinajstić information content (AvgIpc) is 3.42. The first-order valence-corrected chi connectivity index (χ1v) is 8.71. The van der Waals surface area contributed by atoms with Gasteiger partial charge in [-0.25, -0.2) is 0 Å². The van der Waals surface area contributed by atoms with E-state index in [0.29, 0.717) is 18.3 Å². The number of anilines is 1. The second-order valence-electron chi connectivity index (χ2n) is 5.93. The highest BCUT2D eigenvalue weighted by atomic mass is 16.3. The quantitative estimate of drug-likeness (QED) is 0.517. The summed E-state index contributed by atoms with van der Waals surface area (Å²) >= 11 is 0. The number of nitrogens with one attached hydrogen (secondary N) is 1. The number of hydrogen-bond donors (Lipinski definition) is 1. The van der Waals surface area contributed by atoms with Gasteiger partial charge in [0.25, 0.3) is 5.91 Å². The van der Waals surface area contributed by atoms with Gasteiger partial charge in [-0.2, -0.15) is 9.67 Å². The largest absolute Gasteiger partial charge is 0.467 e. The van der Waals surface area contributed by atoms with Gasteiger partial charge in [-0.05, 0) is 35.9 Å². The number of carbonyl (C=O) groups is 1. The van der Waals surface area contributed by atoms with Crippen LogP contribution in [0.3, 0.4) is 0 Å². The number of furan rings is 1.